The number of anilines is 1. The van der Waals surface area contributed by atoms with Gasteiger partial charge in [0.25, 0.3) is 0 Å². The Kier molecular flexibility index (Phi) is 3.85. The van der Waals surface area contributed by atoms with E-state index in [2.05, 4.69) is 15.6 Å². The Bertz CT molecular complexity index is 570. The zero-order valence-corrected chi connectivity index (χ0v) is 11.3. The summed E-state index contributed by atoms with van der Waals surface area (Å²) in [4.78, 5) is 15.8. The first-order valence-electron chi connectivity index (χ1n) is 6.08. The number of rotatable bonds is 3. The molecule has 0 fully saturated rings. The highest BCUT2D eigenvalue weighted by molar-refractivity contribution is 5.90. The van der Waals surface area contributed by atoms with E-state index in [4.69, 9.17) is 4.42 Å². The van der Waals surface area contributed by atoms with Crippen molar-refractivity contribution < 1.29 is 9.21 Å². The maximum absolute atomic E-state index is 11.8. The van der Waals surface area contributed by atoms with E-state index in [1.807, 2.05) is 39.0 Å². The quantitative estimate of drug-likeness (QED) is 0.890. The molecular formula is C14H17N3O2. The van der Waals surface area contributed by atoms with Crippen LogP contribution >= 0.6 is 0 Å². The number of aromatic nitrogens is 1. The Morgan fingerprint density at radius 1 is 1.26 bits per heavy atom. The highest BCUT2D eigenvalue weighted by Crippen LogP contribution is 2.19. The highest BCUT2D eigenvalue weighted by atomic mass is 16.3. The molecule has 19 heavy (non-hydrogen) atoms. The largest absolute Gasteiger partial charge is 0.446 e. The van der Waals surface area contributed by atoms with Gasteiger partial charge in [0.05, 0.1) is 12.2 Å². The summed E-state index contributed by atoms with van der Waals surface area (Å²) in [5.74, 6) is 0.664. The van der Waals surface area contributed by atoms with Crippen molar-refractivity contribution in [2.75, 3.05) is 5.32 Å². The molecule has 2 N–H and O–H groups in total. The number of benzene rings is 1. The normalized spacial score (nSPS) is 10.3. The van der Waals surface area contributed by atoms with E-state index in [1.165, 1.54) is 6.39 Å². The van der Waals surface area contributed by atoms with Gasteiger partial charge in [-0.15, -0.1) is 0 Å². The van der Waals surface area contributed by atoms with Crippen LogP contribution in [0.4, 0.5) is 10.5 Å². The summed E-state index contributed by atoms with van der Waals surface area (Å²) in [7, 11) is 0. The average molecular weight is 259 g/mol. The number of para-hydroxylation sites is 1. The molecule has 2 rings (SSSR count). The molecule has 1 aromatic carbocycles. The maximum Gasteiger partial charge on any atom is 0.319 e. The van der Waals surface area contributed by atoms with E-state index in [9.17, 15) is 4.79 Å². The van der Waals surface area contributed by atoms with Gasteiger partial charge in [-0.1, -0.05) is 18.2 Å². The maximum atomic E-state index is 11.8. The second kappa shape index (κ2) is 5.56. The number of nitrogens with one attached hydrogen (secondary N) is 2. The zero-order chi connectivity index (χ0) is 13.8. The van der Waals surface area contributed by atoms with Crippen molar-refractivity contribution >= 4 is 11.7 Å². The molecule has 0 spiro atoms. The molecule has 0 saturated carbocycles. The lowest BCUT2D eigenvalue weighted by atomic mass is 10.1. The number of urea groups is 1. The number of oxazole rings is 1. The molecule has 0 atom stereocenters. The van der Waals surface area contributed by atoms with E-state index < -0.39 is 0 Å². The first-order chi connectivity index (χ1) is 9.08. The molecule has 0 unspecified atom stereocenters. The first kappa shape index (κ1) is 13.1. The summed E-state index contributed by atoms with van der Waals surface area (Å²) in [6.45, 7) is 6.08. The summed E-state index contributed by atoms with van der Waals surface area (Å²) in [5.41, 5.74) is 3.69. The van der Waals surface area contributed by atoms with Gasteiger partial charge in [0.2, 0.25) is 0 Å². The molecule has 1 aromatic heterocycles. The van der Waals surface area contributed by atoms with Gasteiger partial charge in [-0.25, -0.2) is 9.78 Å². The summed E-state index contributed by atoms with van der Waals surface area (Å²) in [5, 5.41) is 5.59. The number of aryl methyl sites for hydroxylation is 3. The summed E-state index contributed by atoms with van der Waals surface area (Å²) < 4.78 is 5.16. The van der Waals surface area contributed by atoms with E-state index in [1.54, 1.807) is 0 Å². The van der Waals surface area contributed by atoms with E-state index in [0.29, 0.717) is 12.3 Å². The summed E-state index contributed by atoms with van der Waals surface area (Å²) in [6, 6.07) is 5.63. The van der Waals surface area contributed by atoms with Gasteiger partial charge in [0, 0.05) is 5.69 Å². The van der Waals surface area contributed by atoms with Gasteiger partial charge in [0.15, 0.2) is 6.39 Å². The van der Waals surface area contributed by atoms with Crippen molar-refractivity contribution in [3.63, 3.8) is 0 Å². The van der Waals surface area contributed by atoms with Gasteiger partial charge >= 0.3 is 6.03 Å². The Morgan fingerprint density at radius 2 is 1.95 bits per heavy atom. The number of hydrogen-bond acceptors (Lipinski definition) is 3. The molecular weight excluding hydrogens is 242 g/mol. The average Bonchev–Trinajstić information content (AvgIpc) is 2.77. The van der Waals surface area contributed by atoms with Crippen LogP contribution in [0, 0.1) is 20.8 Å². The minimum absolute atomic E-state index is 0.256. The standard InChI is InChI=1S/C14H17N3O2/c1-9-5-4-6-10(2)13(9)17-14(18)15-7-12-11(3)16-8-19-12/h4-6,8H,7H2,1-3H3,(H2,15,17,18). The topological polar surface area (TPSA) is 67.2 Å². The number of carbonyl (C=O) groups is 1. The Hall–Kier alpha value is -2.30. The van der Waals surface area contributed by atoms with Gasteiger partial charge in [0.1, 0.15) is 5.76 Å². The minimum Gasteiger partial charge on any atom is -0.446 e. The minimum atomic E-state index is -0.256. The lowest BCUT2D eigenvalue weighted by molar-refractivity contribution is 0.250. The lowest BCUT2D eigenvalue weighted by Gasteiger charge is -2.11. The molecule has 2 aromatic rings. The number of hydrogen-bond donors (Lipinski definition) is 2. The first-order valence-corrected chi connectivity index (χ1v) is 6.08. The van der Waals surface area contributed by atoms with Crippen LogP contribution in [0.1, 0.15) is 22.6 Å². The zero-order valence-electron chi connectivity index (χ0n) is 11.3. The summed E-state index contributed by atoms with van der Waals surface area (Å²) in [6.07, 6.45) is 1.37. The molecule has 0 aliphatic rings. The van der Waals surface area contributed by atoms with Crippen LogP contribution < -0.4 is 10.6 Å². The van der Waals surface area contributed by atoms with Gasteiger partial charge in [-0.05, 0) is 31.9 Å². The predicted molar refractivity (Wildman–Crippen MR) is 73.0 cm³/mol. The number of carbonyl (C=O) groups excluding carboxylic acids is 1. The number of amides is 2. The van der Waals surface area contributed by atoms with Crippen molar-refractivity contribution in [3.05, 3.63) is 47.2 Å². The van der Waals surface area contributed by atoms with E-state index in [0.717, 1.165) is 22.5 Å². The van der Waals surface area contributed by atoms with Crippen LogP contribution in [-0.4, -0.2) is 11.0 Å². The third-order valence-electron chi connectivity index (χ3n) is 2.97. The SMILES string of the molecule is Cc1cccc(C)c1NC(=O)NCc1ocnc1C. The lowest BCUT2D eigenvalue weighted by Crippen LogP contribution is -2.28. The Balaban J connectivity index is 1.97. The third-order valence-corrected chi connectivity index (χ3v) is 2.97. The molecule has 0 radical (unpaired) electrons. The van der Waals surface area contributed by atoms with Crippen molar-refractivity contribution in [1.82, 2.24) is 10.3 Å². The van der Waals surface area contributed by atoms with Gasteiger partial charge < -0.3 is 15.1 Å². The van der Waals surface area contributed by atoms with Crippen molar-refractivity contribution in [3.8, 4) is 0 Å². The fraction of sp³-hybridized carbons (Fsp3) is 0.286. The van der Waals surface area contributed by atoms with Crippen molar-refractivity contribution in [2.45, 2.75) is 27.3 Å². The monoisotopic (exact) mass is 259 g/mol. The van der Waals surface area contributed by atoms with Crippen LogP contribution in [0.3, 0.4) is 0 Å². The van der Waals surface area contributed by atoms with Gasteiger partial charge in [-0.3, -0.25) is 0 Å². The van der Waals surface area contributed by atoms with Gasteiger partial charge in [-0.2, -0.15) is 0 Å². The molecule has 100 valence electrons. The van der Waals surface area contributed by atoms with Crippen molar-refractivity contribution in [2.24, 2.45) is 0 Å². The predicted octanol–water partition coefficient (Wildman–Crippen LogP) is 2.92. The molecule has 0 bridgehead atoms. The fourth-order valence-corrected chi connectivity index (χ4v) is 1.83. The third kappa shape index (κ3) is 3.13. The Labute approximate surface area is 112 Å². The molecule has 5 nitrogen and oxygen atoms in total. The van der Waals surface area contributed by atoms with E-state index in [-0.39, 0.29) is 6.03 Å². The second-order valence-corrected chi connectivity index (χ2v) is 4.44. The fourth-order valence-electron chi connectivity index (χ4n) is 1.83. The van der Waals surface area contributed by atoms with Crippen LogP contribution in [0.2, 0.25) is 0 Å². The second-order valence-electron chi connectivity index (χ2n) is 4.44. The molecule has 0 aliphatic heterocycles. The Morgan fingerprint density at radius 3 is 2.53 bits per heavy atom. The van der Waals surface area contributed by atoms with E-state index >= 15 is 0 Å². The molecule has 0 saturated heterocycles. The summed E-state index contributed by atoms with van der Waals surface area (Å²) >= 11 is 0. The highest BCUT2D eigenvalue weighted by Gasteiger charge is 2.08. The van der Waals surface area contributed by atoms with Crippen LogP contribution in [-0.2, 0) is 6.54 Å². The molecule has 0 aliphatic carbocycles. The molecule has 2 amide bonds. The molecule has 1 heterocycles. The smallest absolute Gasteiger partial charge is 0.319 e. The van der Waals surface area contributed by atoms with Crippen molar-refractivity contribution in [1.29, 1.82) is 0 Å². The van der Waals surface area contributed by atoms with Crippen LogP contribution in [0.15, 0.2) is 29.0 Å². The molecule has 5 heteroatoms. The number of nitrogens with zero attached hydrogens (tertiary/aromatic N) is 1. The van der Waals surface area contributed by atoms with Crippen LogP contribution in [0.25, 0.3) is 0 Å². The van der Waals surface area contributed by atoms with Crippen LogP contribution in [0.5, 0.6) is 0 Å².